The first kappa shape index (κ1) is 26.4. The molecule has 0 amide bonds. The highest BCUT2D eigenvalue weighted by atomic mass is 31.1. The summed E-state index contributed by atoms with van der Waals surface area (Å²) >= 11 is 0. The Morgan fingerprint density at radius 1 is 1.20 bits per heavy atom. The van der Waals surface area contributed by atoms with Crippen molar-refractivity contribution >= 4 is 28.5 Å². The number of ether oxygens (including phenoxy) is 3. The number of azide groups is 1. The van der Waals surface area contributed by atoms with Gasteiger partial charge in [0, 0.05) is 18.8 Å². The number of hydrogen-bond acceptors (Lipinski definition) is 10. The van der Waals surface area contributed by atoms with E-state index in [0.29, 0.717) is 0 Å². The molecule has 1 heterocycles. The molecule has 0 aromatic heterocycles. The van der Waals surface area contributed by atoms with Crippen molar-refractivity contribution in [1.82, 2.24) is 0 Å². The lowest BCUT2D eigenvalue weighted by Crippen LogP contribution is -2.61. The molecule has 12 nitrogen and oxygen atoms in total. The zero-order chi connectivity index (χ0) is 23.3. The van der Waals surface area contributed by atoms with Crippen molar-refractivity contribution in [1.29, 1.82) is 0 Å². The van der Waals surface area contributed by atoms with Crippen LogP contribution in [-0.2, 0) is 37.3 Å². The van der Waals surface area contributed by atoms with Gasteiger partial charge in [0.15, 0.2) is 20.5 Å². The minimum atomic E-state index is -3.39. The average Bonchev–Trinajstić information content (AvgIpc) is 2.56. The van der Waals surface area contributed by atoms with Gasteiger partial charge in [-0.25, -0.2) is 0 Å². The van der Waals surface area contributed by atoms with Crippen molar-refractivity contribution in [3.05, 3.63) is 10.4 Å². The average molecular weight is 465 g/mol. The lowest BCUT2D eigenvalue weighted by molar-refractivity contribution is -0.266. The lowest BCUT2D eigenvalue weighted by Gasteiger charge is -2.43. The maximum Gasteiger partial charge on any atom is 0.491 e. The molecule has 1 fully saturated rings. The van der Waals surface area contributed by atoms with Gasteiger partial charge in [-0.05, 0) is 28.2 Å². The van der Waals surface area contributed by atoms with Gasteiger partial charge in [0.25, 0.3) is 0 Å². The largest absolute Gasteiger partial charge is 0.566 e. The number of carbonyl (C=O) groups is 2. The molecule has 0 radical (unpaired) electrons. The van der Waals surface area contributed by atoms with Gasteiger partial charge >= 0.3 is 20.2 Å². The number of carbonyl (C=O) groups excluding carboxylic acids is 2. The minimum Gasteiger partial charge on any atom is -0.566 e. The summed E-state index contributed by atoms with van der Waals surface area (Å²) in [6, 6.07) is -1.42. The summed E-state index contributed by atoms with van der Waals surface area (Å²) in [5.74, 6) is -1.46. The number of hydrogen-bond donors (Lipinski definition) is 0. The Labute approximate surface area is 176 Å². The summed E-state index contributed by atoms with van der Waals surface area (Å²) in [6.45, 7) is 12.2. The van der Waals surface area contributed by atoms with Crippen molar-refractivity contribution < 1.29 is 42.2 Å². The SMILES string of the molecule is CC(=O)O[C@@H]1C(N=[N+]=[N-])[C@H](O[P+](=O)[O-])OC(CO[Si](C)(C)C(C)(C)C)[C@@H]1OC(C)=O. The van der Waals surface area contributed by atoms with Crippen LogP contribution in [0.3, 0.4) is 0 Å². The third-order valence-corrected chi connectivity index (χ3v) is 9.89. The van der Waals surface area contributed by atoms with Crippen LogP contribution in [0.4, 0.5) is 0 Å². The Bertz CT molecular complexity index is 709. The van der Waals surface area contributed by atoms with Crippen LogP contribution < -0.4 is 4.89 Å². The number of nitrogens with zero attached hydrogens (tertiary/aromatic N) is 3. The molecule has 1 rings (SSSR count). The van der Waals surface area contributed by atoms with Gasteiger partial charge in [-0.15, -0.1) is 4.52 Å². The summed E-state index contributed by atoms with van der Waals surface area (Å²) in [5, 5.41) is 3.31. The highest BCUT2D eigenvalue weighted by Crippen LogP contribution is 2.38. The van der Waals surface area contributed by atoms with E-state index in [9.17, 15) is 19.0 Å². The summed E-state index contributed by atoms with van der Waals surface area (Å²) in [7, 11) is -5.66. The van der Waals surface area contributed by atoms with Crippen LogP contribution in [-0.4, -0.2) is 57.5 Å². The van der Waals surface area contributed by atoms with Crippen LogP contribution in [0.25, 0.3) is 10.4 Å². The van der Waals surface area contributed by atoms with Gasteiger partial charge in [-0.3, -0.25) is 9.59 Å². The molecule has 3 unspecified atom stereocenters. The van der Waals surface area contributed by atoms with Crippen molar-refractivity contribution in [3.8, 4) is 0 Å². The van der Waals surface area contributed by atoms with Crippen LogP contribution in [0.15, 0.2) is 5.11 Å². The molecule has 1 aliphatic heterocycles. The van der Waals surface area contributed by atoms with E-state index >= 15 is 0 Å². The molecule has 0 spiro atoms. The molecule has 1 saturated heterocycles. The van der Waals surface area contributed by atoms with E-state index in [-0.39, 0.29) is 11.6 Å². The second kappa shape index (κ2) is 10.6. The van der Waals surface area contributed by atoms with E-state index in [1.165, 1.54) is 0 Å². The Kier molecular flexibility index (Phi) is 9.37. The molecular formula is C16H28N3O9PSi. The summed E-state index contributed by atoms with van der Waals surface area (Å²) in [6.07, 6.45) is -5.19. The molecule has 1 aliphatic rings. The Hall–Kier alpha value is -1.59. The summed E-state index contributed by atoms with van der Waals surface area (Å²) in [5.41, 5.74) is 8.88. The van der Waals surface area contributed by atoms with Crippen molar-refractivity contribution in [2.24, 2.45) is 5.11 Å². The topological polar surface area (TPSA) is 169 Å². The third kappa shape index (κ3) is 7.27. The zero-order valence-electron chi connectivity index (χ0n) is 18.1. The quantitative estimate of drug-likeness (QED) is 0.130. The smallest absolute Gasteiger partial charge is 0.491 e. The fraction of sp³-hybridized carbons (Fsp3) is 0.875. The minimum absolute atomic E-state index is 0.0926. The lowest BCUT2D eigenvalue weighted by atomic mass is 9.97. The van der Waals surface area contributed by atoms with Crippen LogP contribution in [0.1, 0.15) is 34.6 Å². The van der Waals surface area contributed by atoms with Gasteiger partial charge in [-0.2, -0.15) is 0 Å². The van der Waals surface area contributed by atoms with Crippen molar-refractivity contribution in [3.63, 3.8) is 0 Å². The summed E-state index contributed by atoms with van der Waals surface area (Å²) < 4.78 is 38.2. The maximum absolute atomic E-state index is 11.7. The van der Waals surface area contributed by atoms with E-state index < -0.39 is 59.2 Å². The molecule has 170 valence electrons. The second-order valence-electron chi connectivity index (χ2n) is 8.29. The first-order chi connectivity index (χ1) is 13.7. The second-order valence-corrected chi connectivity index (χ2v) is 13.8. The zero-order valence-corrected chi connectivity index (χ0v) is 20.0. The molecule has 6 atom stereocenters. The standard InChI is InChI=1S/C16H28N3O9PSi/c1-9(20)25-13-11(8-24-30(6,7)16(3,4)5)27-15(28-29(22)23)12(18-19-17)14(13)26-10(2)21/h11-15H,8H2,1-7H3/t11?,12?,13-,14+,15-/m0/s1. The van der Waals surface area contributed by atoms with Crippen LogP contribution in [0.5, 0.6) is 0 Å². The van der Waals surface area contributed by atoms with Crippen LogP contribution in [0.2, 0.25) is 18.1 Å². The number of esters is 2. The van der Waals surface area contributed by atoms with Crippen LogP contribution in [0, 0.1) is 0 Å². The Balaban J connectivity index is 3.33. The fourth-order valence-corrected chi connectivity index (χ4v) is 3.90. The normalized spacial score (nSPS) is 27.6. The van der Waals surface area contributed by atoms with E-state index in [0.717, 1.165) is 13.8 Å². The highest BCUT2D eigenvalue weighted by molar-refractivity contribution is 7.30. The van der Waals surface area contributed by atoms with E-state index in [4.69, 9.17) is 28.7 Å². The first-order valence-electron chi connectivity index (χ1n) is 9.19. The molecule has 0 aliphatic carbocycles. The van der Waals surface area contributed by atoms with Gasteiger partial charge in [0.1, 0.15) is 12.1 Å². The summed E-state index contributed by atoms with van der Waals surface area (Å²) in [4.78, 5) is 37.1. The van der Waals surface area contributed by atoms with E-state index in [1.807, 2.05) is 33.9 Å². The van der Waals surface area contributed by atoms with E-state index in [1.54, 1.807) is 0 Å². The fourth-order valence-electron chi connectivity index (χ4n) is 2.55. The number of rotatable bonds is 8. The van der Waals surface area contributed by atoms with Crippen molar-refractivity contribution in [2.45, 2.75) is 83.4 Å². The van der Waals surface area contributed by atoms with Crippen LogP contribution >= 0.6 is 8.25 Å². The molecule has 30 heavy (non-hydrogen) atoms. The van der Waals surface area contributed by atoms with Crippen molar-refractivity contribution in [2.75, 3.05) is 6.61 Å². The highest BCUT2D eigenvalue weighted by Gasteiger charge is 2.52. The van der Waals surface area contributed by atoms with Gasteiger partial charge in [0.05, 0.1) is 6.61 Å². The third-order valence-electron chi connectivity index (χ3n) is 5.01. The van der Waals surface area contributed by atoms with Gasteiger partial charge in [-0.1, -0.05) is 25.9 Å². The Morgan fingerprint density at radius 3 is 2.17 bits per heavy atom. The molecule has 0 aromatic carbocycles. The predicted octanol–water partition coefficient (Wildman–Crippen LogP) is 2.31. The monoisotopic (exact) mass is 465 g/mol. The predicted molar refractivity (Wildman–Crippen MR) is 105 cm³/mol. The molecule has 0 aromatic rings. The van der Waals surface area contributed by atoms with E-state index in [2.05, 4.69) is 10.0 Å². The van der Waals surface area contributed by atoms with Gasteiger partial charge < -0.3 is 23.5 Å². The molecule has 0 N–H and O–H groups in total. The first-order valence-corrected chi connectivity index (χ1v) is 13.2. The molecule has 14 heteroatoms. The molecule has 0 saturated carbocycles. The molecular weight excluding hydrogens is 437 g/mol. The molecule has 0 bridgehead atoms. The Morgan fingerprint density at radius 2 is 1.73 bits per heavy atom. The van der Waals surface area contributed by atoms with Gasteiger partial charge in [0.2, 0.25) is 6.29 Å². The maximum atomic E-state index is 11.7.